The number of hydrogen-bond acceptors (Lipinski definition) is 3. The molecule has 0 saturated carbocycles. The number of halogens is 4. The maximum Gasteiger partial charge on any atom is 0.416 e. The summed E-state index contributed by atoms with van der Waals surface area (Å²) in [6.07, 6.45) is -3.73. The van der Waals surface area contributed by atoms with Crippen molar-refractivity contribution in [1.82, 2.24) is 4.31 Å². The van der Waals surface area contributed by atoms with E-state index in [1.807, 2.05) is 24.3 Å². The molecule has 3 aromatic rings. The first-order valence-electron chi connectivity index (χ1n) is 10.2. The van der Waals surface area contributed by atoms with Crippen LogP contribution in [0.25, 0.3) is 10.8 Å². The second-order valence-electron chi connectivity index (χ2n) is 7.89. The quantitative estimate of drug-likeness (QED) is 0.515. The molecule has 1 amide bonds. The summed E-state index contributed by atoms with van der Waals surface area (Å²) in [5, 5.41) is 4.09. The van der Waals surface area contributed by atoms with Crippen molar-refractivity contribution in [3.63, 3.8) is 0 Å². The van der Waals surface area contributed by atoms with E-state index < -0.39 is 33.6 Å². The molecule has 0 radical (unpaired) electrons. The predicted octanol–water partition coefficient (Wildman–Crippen LogP) is 5.55. The Balaban J connectivity index is 1.52. The molecule has 0 aromatic heterocycles. The Kier molecular flexibility index (Phi) is 6.39. The number of hydrogen-bond donors (Lipinski definition) is 1. The third-order valence-electron chi connectivity index (χ3n) is 5.67. The van der Waals surface area contributed by atoms with E-state index in [1.54, 1.807) is 12.1 Å². The Morgan fingerprint density at radius 1 is 1.03 bits per heavy atom. The fraction of sp³-hybridized carbons (Fsp3) is 0.261. The van der Waals surface area contributed by atoms with E-state index in [4.69, 9.17) is 11.6 Å². The monoisotopic (exact) mass is 496 g/mol. The normalized spacial score (nSPS) is 17.8. The third-order valence-corrected chi connectivity index (χ3v) is 7.86. The summed E-state index contributed by atoms with van der Waals surface area (Å²) in [6.45, 7) is 0.181. The van der Waals surface area contributed by atoms with Crippen molar-refractivity contribution < 1.29 is 26.4 Å². The molecule has 1 aliphatic rings. The number of alkyl halides is 3. The van der Waals surface area contributed by atoms with Crippen molar-refractivity contribution in [1.29, 1.82) is 0 Å². The highest BCUT2D eigenvalue weighted by atomic mass is 35.5. The molecule has 0 aliphatic carbocycles. The van der Waals surface area contributed by atoms with Gasteiger partial charge in [-0.3, -0.25) is 4.79 Å². The summed E-state index contributed by atoms with van der Waals surface area (Å²) in [4.78, 5) is 12.9. The summed E-state index contributed by atoms with van der Waals surface area (Å²) in [6, 6.07) is 14.9. The third kappa shape index (κ3) is 5.00. The van der Waals surface area contributed by atoms with Gasteiger partial charge in [-0.15, -0.1) is 0 Å². The van der Waals surface area contributed by atoms with Gasteiger partial charge < -0.3 is 5.32 Å². The minimum absolute atomic E-state index is 0.0344. The zero-order chi connectivity index (χ0) is 23.8. The molecule has 1 aliphatic heterocycles. The molecule has 1 N–H and O–H groups in total. The molecule has 174 valence electrons. The fourth-order valence-electron chi connectivity index (χ4n) is 3.88. The first-order valence-corrected chi connectivity index (χ1v) is 12.0. The Hall–Kier alpha value is -2.62. The summed E-state index contributed by atoms with van der Waals surface area (Å²) < 4.78 is 66.7. The van der Waals surface area contributed by atoms with Crippen LogP contribution in [0.5, 0.6) is 0 Å². The summed E-state index contributed by atoms with van der Waals surface area (Å²) in [5.74, 6) is -1.30. The number of amides is 1. The zero-order valence-corrected chi connectivity index (χ0v) is 18.8. The average molecular weight is 497 g/mol. The van der Waals surface area contributed by atoms with Gasteiger partial charge in [0.2, 0.25) is 15.9 Å². The molecule has 0 spiro atoms. The van der Waals surface area contributed by atoms with Crippen LogP contribution in [0.3, 0.4) is 0 Å². The van der Waals surface area contributed by atoms with Crippen LogP contribution in [-0.4, -0.2) is 31.7 Å². The number of piperidine rings is 1. The molecular weight excluding hydrogens is 477 g/mol. The minimum atomic E-state index is -4.58. The molecule has 3 aromatic carbocycles. The van der Waals surface area contributed by atoms with E-state index >= 15 is 0 Å². The number of nitrogens with zero attached hydrogens (tertiary/aromatic N) is 1. The average Bonchev–Trinajstić information content (AvgIpc) is 2.79. The van der Waals surface area contributed by atoms with Crippen LogP contribution in [0.4, 0.5) is 18.9 Å². The SMILES string of the molecule is O=C(Nc1cc(C(F)(F)F)ccc1Cl)[C@@H]1CCCN(S(=O)(=O)c2ccc3ccccc3c2)C1. The second kappa shape index (κ2) is 8.96. The molecule has 1 heterocycles. The van der Waals surface area contributed by atoms with Crippen molar-refractivity contribution in [3.8, 4) is 0 Å². The van der Waals surface area contributed by atoms with Crippen LogP contribution in [0.2, 0.25) is 5.02 Å². The molecule has 4 rings (SSSR count). The van der Waals surface area contributed by atoms with E-state index in [9.17, 15) is 26.4 Å². The van der Waals surface area contributed by atoms with Gasteiger partial charge in [-0.05, 0) is 53.9 Å². The van der Waals surface area contributed by atoms with Gasteiger partial charge in [0.05, 0.1) is 27.1 Å². The summed E-state index contributed by atoms with van der Waals surface area (Å²) in [7, 11) is -3.85. The van der Waals surface area contributed by atoms with Gasteiger partial charge in [0.1, 0.15) is 0 Å². The van der Waals surface area contributed by atoms with Crippen molar-refractivity contribution in [2.24, 2.45) is 5.92 Å². The van der Waals surface area contributed by atoms with Gasteiger partial charge in [0.15, 0.2) is 0 Å². The van der Waals surface area contributed by atoms with Gasteiger partial charge >= 0.3 is 6.18 Å². The zero-order valence-electron chi connectivity index (χ0n) is 17.3. The van der Waals surface area contributed by atoms with Crippen LogP contribution < -0.4 is 5.32 Å². The van der Waals surface area contributed by atoms with E-state index in [2.05, 4.69) is 5.32 Å². The number of fused-ring (bicyclic) bond motifs is 1. The Bertz CT molecular complexity index is 1310. The molecular formula is C23H20ClF3N2O3S. The van der Waals surface area contributed by atoms with Crippen LogP contribution in [0.1, 0.15) is 18.4 Å². The second-order valence-corrected chi connectivity index (χ2v) is 10.2. The van der Waals surface area contributed by atoms with Crippen molar-refractivity contribution in [2.75, 3.05) is 18.4 Å². The minimum Gasteiger partial charge on any atom is -0.324 e. The van der Waals surface area contributed by atoms with Gasteiger partial charge in [0, 0.05) is 13.1 Å². The van der Waals surface area contributed by atoms with Gasteiger partial charge in [0.25, 0.3) is 0 Å². The fourth-order valence-corrected chi connectivity index (χ4v) is 5.61. The van der Waals surface area contributed by atoms with Gasteiger partial charge in [-0.2, -0.15) is 17.5 Å². The Morgan fingerprint density at radius 3 is 2.48 bits per heavy atom. The molecule has 33 heavy (non-hydrogen) atoms. The molecule has 1 atom stereocenters. The van der Waals surface area contributed by atoms with E-state index in [0.717, 1.165) is 29.0 Å². The number of carbonyl (C=O) groups is 1. The number of rotatable bonds is 4. The molecule has 1 fully saturated rings. The highest BCUT2D eigenvalue weighted by molar-refractivity contribution is 7.89. The summed E-state index contributed by atoms with van der Waals surface area (Å²) >= 11 is 5.97. The van der Waals surface area contributed by atoms with Crippen molar-refractivity contribution >= 4 is 44.0 Å². The first-order chi connectivity index (χ1) is 15.6. The number of sulfonamides is 1. The first kappa shape index (κ1) is 23.5. The predicted molar refractivity (Wildman–Crippen MR) is 121 cm³/mol. The highest BCUT2D eigenvalue weighted by Crippen LogP contribution is 2.34. The lowest BCUT2D eigenvalue weighted by Crippen LogP contribution is -2.43. The van der Waals surface area contributed by atoms with Crippen LogP contribution in [-0.2, 0) is 21.0 Å². The highest BCUT2D eigenvalue weighted by Gasteiger charge is 2.34. The van der Waals surface area contributed by atoms with Crippen molar-refractivity contribution in [2.45, 2.75) is 23.9 Å². The largest absolute Gasteiger partial charge is 0.416 e. The van der Waals surface area contributed by atoms with Gasteiger partial charge in [-0.25, -0.2) is 8.42 Å². The van der Waals surface area contributed by atoms with Crippen LogP contribution in [0.15, 0.2) is 65.6 Å². The maximum absolute atomic E-state index is 13.2. The molecule has 0 bridgehead atoms. The van der Waals surface area contributed by atoms with E-state index in [0.29, 0.717) is 12.8 Å². The lowest BCUT2D eigenvalue weighted by Gasteiger charge is -2.31. The molecule has 10 heteroatoms. The van der Waals surface area contributed by atoms with Crippen molar-refractivity contribution in [3.05, 3.63) is 71.2 Å². The van der Waals surface area contributed by atoms with Crippen LogP contribution >= 0.6 is 11.6 Å². The van der Waals surface area contributed by atoms with E-state index in [-0.39, 0.29) is 28.7 Å². The lowest BCUT2D eigenvalue weighted by molar-refractivity contribution is -0.137. The number of nitrogens with one attached hydrogen (secondary N) is 1. The molecule has 0 unspecified atom stereocenters. The molecule has 5 nitrogen and oxygen atoms in total. The number of carbonyl (C=O) groups excluding carboxylic acids is 1. The van der Waals surface area contributed by atoms with Crippen LogP contribution in [0, 0.1) is 5.92 Å². The number of anilines is 1. The smallest absolute Gasteiger partial charge is 0.324 e. The van der Waals surface area contributed by atoms with Gasteiger partial charge in [-0.1, -0.05) is 41.9 Å². The Labute approximate surface area is 194 Å². The maximum atomic E-state index is 13.2. The summed E-state index contributed by atoms with van der Waals surface area (Å²) in [5.41, 5.74) is -1.10. The standard InChI is InChI=1S/C23H20ClF3N2O3S/c24-20-10-8-18(23(25,26)27)13-21(20)28-22(30)17-6-3-11-29(14-17)33(31,32)19-9-7-15-4-1-2-5-16(15)12-19/h1-2,4-5,7-10,12-13,17H,3,6,11,14H2,(H,28,30)/t17-/m1/s1. The Morgan fingerprint density at radius 2 is 1.76 bits per heavy atom. The molecule has 1 saturated heterocycles. The lowest BCUT2D eigenvalue weighted by atomic mass is 9.98. The number of benzene rings is 3. The topological polar surface area (TPSA) is 66.5 Å². The van der Waals surface area contributed by atoms with E-state index in [1.165, 1.54) is 10.4 Å².